The second-order valence-corrected chi connectivity index (χ2v) is 4.83. The number of nitrogens with zero attached hydrogens (tertiary/aromatic N) is 1. The van der Waals surface area contributed by atoms with E-state index in [-0.39, 0.29) is 13.1 Å². The van der Waals surface area contributed by atoms with Crippen LogP contribution < -0.4 is 5.73 Å². The van der Waals surface area contributed by atoms with Crippen LogP contribution in [-0.2, 0) is 0 Å². The van der Waals surface area contributed by atoms with Gasteiger partial charge in [0.15, 0.2) is 0 Å². The monoisotopic (exact) mass is 310 g/mol. The molecule has 0 aliphatic rings. The number of aromatic amines is 2. The molecule has 0 unspecified atom stereocenters. The third kappa shape index (κ3) is 3.49. The van der Waals surface area contributed by atoms with Gasteiger partial charge in [-0.25, -0.2) is 0 Å². The first kappa shape index (κ1) is 16.1. The molecule has 4 rings (SSSR count). The summed E-state index contributed by atoms with van der Waals surface area (Å²) in [5, 5.41) is 12.4. The van der Waals surface area contributed by atoms with Crippen molar-refractivity contribution in [2.24, 2.45) is 0 Å². The summed E-state index contributed by atoms with van der Waals surface area (Å²) in [7, 11) is 0. The number of hydrogen-bond acceptors (Lipinski definition) is 3. The lowest BCUT2D eigenvalue weighted by Gasteiger charge is -1.90. The van der Waals surface area contributed by atoms with Crippen molar-refractivity contribution in [3.05, 3.63) is 71.0 Å². The zero-order valence-corrected chi connectivity index (χ0v) is 11.6. The van der Waals surface area contributed by atoms with Crippen LogP contribution in [0.2, 0.25) is 0 Å². The van der Waals surface area contributed by atoms with Crippen LogP contribution >= 0.6 is 0 Å². The number of hydrogen-bond donors (Lipinski definition) is 3. The fourth-order valence-corrected chi connectivity index (χ4v) is 2.23. The summed E-state index contributed by atoms with van der Waals surface area (Å²) in [6, 6.07) is 14.4. The van der Waals surface area contributed by atoms with Gasteiger partial charge in [0.2, 0.25) is 0 Å². The van der Waals surface area contributed by atoms with Crippen molar-refractivity contribution in [2.45, 2.75) is 7.43 Å². The van der Waals surface area contributed by atoms with E-state index >= 15 is 0 Å². The number of nitrogens with one attached hydrogen (secondary N) is 2. The lowest BCUT2D eigenvalue weighted by molar-refractivity contribution is -0.384. The van der Waals surface area contributed by atoms with Crippen LogP contribution in [0.25, 0.3) is 21.8 Å². The Bertz CT molecular complexity index is 940. The Morgan fingerprint density at radius 2 is 1.43 bits per heavy atom. The van der Waals surface area contributed by atoms with Gasteiger partial charge in [-0.15, -0.1) is 0 Å². The van der Waals surface area contributed by atoms with Gasteiger partial charge in [0.1, 0.15) is 0 Å². The van der Waals surface area contributed by atoms with Crippen molar-refractivity contribution in [1.29, 1.82) is 0 Å². The molecule has 0 fully saturated rings. The molecule has 0 bridgehead atoms. The van der Waals surface area contributed by atoms with Gasteiger partial charge >= 0.3 is 0 Å². The van der Waals surface area contributed by atoms with Gasteiger partial charge in [-0.1, -0.05) is 7.43 Å². The van der Waals surface area contributed by atoms with Crippen molar-refractivity contribution in [3.8, 4) is 0 Å². The van der Waals surface area contributed by atoms with E-state index in [4.69, 9.17) is 5.73 Å². The molecular formula is C17H18N4O2. The Kier molecular flexibility index (Phi) is 4.66. The number of nitrogens with two attached hydrogens (primary N) is 1. The van der Waals surface area contributed by atoms with Crippen LogP contribution in [0.4, 0.5) is 11.4 Å². The molecule has 0 amide bonds. The van der Waals surface area contributed by atoms with Crippen molar-refractivity contribution in [2.75, 3.05) is 5.73 Å². The van der Waals surface area contributed by atoms with E-state index in [0.29, 0.717) is 0 Å². The Balaban J connectivity index is 0.000000162. The fourth-order valence-electron chi connectivity index (χ4n) is 2.23. The average Bonchev–Trinajstić information content (AvgIpc) is 3.14. The Morgan fingerprint density at radius 1 is 0.870 bits per heavy atom. The molecular weight excluding hydrogens is 292 g/mol. The number of anilines is 1. The average molecular weight is 310 g/mol. The van der Waals surface area contributed by atoms with Crippen LogP contribution in [0, 0.1) is 10.1 Å². The van der Waals surface area contributed by atoms with E-state index in [9.17, 15) is 10.1 Å². The molecule has 2 aromatic heterocycles. The topological polar surface area (TPSA) is 101 Å². The zero-order chi connectivity index (χ0) is 15.5. The molecule has 0 saturated carbocycles. The minimum absolute atomic E-state index is 0. The molecule has 4 aromatic rings. The van der Waals surface area contributed by atoms with Crippen LogP contribution in [-0.4, -0.2) is 14.9 Å². The summed E-state index contributed by atoms with van der Waals surface area (Å²) in [6.07, 6.45) is 3.67. The number of fused-ring (bicyclic) bond motifs is 2. The highest BCUT2D eigenvalue weighted by Crippen LogP contribution is 2.19. The van der Waals surface area contributed by atoms with Gasteiger partial charge in [0.05, 0.1) is 4.92 Å². The first-order valence-electron chi connectivity index (χ1n) is 6.67. The predicted molar refractivity (Wildman–Crippen MR) is 94.4 cm³/mol. The molecule has 2 heterocycles. The van der Waals surface area contributed by atoms with E-state index in [1.807, 2.05) is 36.5 Å². The molecule has 4 N–H and O–H groups in total. The molecule has 118 valence electrons. The van der Waals surface area contributed by atoms with E-state index < -0.39 is 4.92 Å². The second-order valence-electron chi connectivity index (χ2n) is 4.83. The minimum Gasteiger partial charge on any atom is -0.399 e. The van der Waals surface area contributed by atoms with Gasteiger partial charge in [-0.2, -0.15) is 0 Å². The predicted octanol–water partition coefficient (Wildman–Crippen LogP) is 4.46. The van der Waals surface area contributed by atoms with Crippen molar-refractivity contribution in [1.82, 2.24) is 9.97 Å². The SMILES string of the molecule is C.Nc1ccc2[nH]ccc2c1.O=[N+]([O-])c1ccc2[nH]ccc2c1. The van der Waals surface area contributed by atoms with Crippen molar-refractivity contribution >= 4 is 33.2 Å². The number of non-ortho nitro benzene ring substituents is 1. The second kappa shape index (κ2) is 6.65. The van der Waals surface area contributed by atoms with Gasteiger partial charge < -0.3 is 15.7 Å². The Hall–Kier alpha value is -3.28. The third-order valence-electron chi connectivity index (χ3n) is 3.33. The summed E-state index contributed by atoms with van der Waals surface area (Å²) < 4.78 is 0. The Morgan fingerprint density at radius 3 is 2.04 bits per heavy atom. The molecule has 0 aliphatic carbocycles. The molecule has 0 spiro atoms. The van der Waals surface area contributed by atoms with Crippen molar-refractivity contribution < 1.29 is 4.92 Å². The maximum Gasteiger partial charge on any atom is 0.270 e. The number of H-pyrrole nitrogens is 2. The number of aromatic nitrogens is 2. The van der Waals surface area contributed by atoms with Gasteiger partial charge in [-0.05, 0) is 36.4 Å². The normalized spacial score (nSPS) is 9.91. The van der Waals surface area contributed by atoms with Crippen molar-refractivity contribution in [3.63, 3.8) is 0 Å². The molecule has 6 nitrogen and oxygen atoms in total. The standard InChI is InChI=1S/C8H6N2O2.C8H8N2.CH4/c11-10(12)7-1-2-8-6(5-7)3-4-9-8;9-7-1-2-8-6(5-7)3-4-10-8;/h1-5,9H;1-5,10H,9H2;1H4. The molecule has 0 atom stereocenters. The Labute approximate surface area is 133 Å². The van der Waals surface area contributed by atoms with Crippen LogP contribution in [0.3, 0.4) is 0 Å². The van der Waals surface area contributed by atoms with E-state index in [0.717, 1.165) is 22.1 Å². The third-order valence-corrected chi connectivity index (χ3v) is 3.33. The molecule has 0 aliphatic heterocycles. The van der Waals surface area contributed by atoms with Gasteiger partial charge in [-0.3, -0.25) is 10.1 Å². The van der Waals surface area contributed by atoms with Gasteiger partial charge in [0, 0.05) is 52.0 Å². The number of nitrogen functional groups attached to an aromatic ring is 1. The summed E-state index contributed by atoms with van der Waals surface area (Å²) in [4.78, 5) is 16.0. The van der Waals surface area contributed by atoms with E-state index in [2.05, 4.69) is 9.97 Å². The highest BCUT2D eigenvalue weighted by Gasteiger charge is 2.05. The molecule has 2 aromatic carbocycles. The lowest BCUT2D eigenvalue weighted by Crippen LogP contribution is -1.86. The number of nitro benzene ring substituents is 1. The van der Waals surface area contributed by atoms with E-state index in [1.54, 1.807) is 18.3 Å². The maximum absolute atomic E-state index is 10.4. The quantitative estimate of drug-likeness (QED) is 0.275. The fraction of sp³-hybridized carbons (Fsp3) is 0.0588. The van der Waals surface area contributed by atoms with Crippen LogP contribution in [0.15, 0.2) is 60.9 Å². The molecule has 6 heteroatoms. The van der Waals surface area contributed by atoms with Crippen LogP contribution in [0.5, 0.6) is 0 Å². The van der Waals surface area contributed by atoms with Gasteiger partial charge in [0.25, 0.3) is 5.69 Å². The first-order valence-corrected chi connectivity index (χ1v) is 6.67. The highest BCUT2D eigenvalue weighted by atomic mass is 16.6. The van der Waals surface area contributed by atoms with E-state index in [1.165, 1.54) is 11.5 Å². The smallest absolute Gasteiger partial charge is 0.270 e. The zero-order valence-electron chi connectivity index (χ0n) is 11.6. The summed E-state index contributed by atoms with van der Waals surface area (Å²) >= 11 is 0. The largest absolute Gasteiger partial charge is 0.399 e. The molecule has 0 saturated heterocycles. The number of benzene rings is 2. The maximum atomic E-state index is 10.4. The van der Waals surface area contributed by atoms with Crippen LogP contribution in [0.1, 0.15) is 7.43 Å². The lowest BCUT2D eigenvalue weighted by atomic mass is 10.2. The highest BCUT2D eigenvalue weighted by molar-refractivity contribution is 5.82. The molecule has 0 radical (unpaired) electrons. The number of rotatable bonds is 1. The first-order chi connectivity index (χ1) is 10.6. The summed E-state index contributed by atoms with van der Waals surface area (Å²) in [6.45, 7) is 0. The summed E-state index contributed by atoms with van der Waals surface area (Å²) in [5.74, 6) is 0. The molecule has 23 heavy (non-hydrogen) atoms. The number of nitro groups is 1. The minimum atomic E-state index is -0.396. The summed E-state index contributed by atoms with van der Waals surface area (Å²) in [5.41, 5.74) is 8.56.